The van der Waals surface area contributed by atoms with Crippen molar-refractivity contribution in [1.29, 1.82) is 0 Å². The molecule has 2 heterocycles. The molecular formula is C13H15NO4S2. The van der Waals surface area contributed by atoms with Crippen molar-refractivity contribution in [2.45, 2.75) is 31.4 Å². The zero-order valence-electron chi connectivity index (χ0n) is 11.4. The quantitative estimate of drug-likeness (QED) is 0.852. The molecule has 20 heavy (non-hydrogen) atoms. The van der Waals surface area contributed by atoms with Crippen LogP contribution in [0.4, 0.5) is 0 Å². The Hall–Kier alpha value is -1.44. The normalized spacial score (nSPS) is 11.8. The van der Waals surface area contributed by atoms with Gasteiger partial charge in [-0.2, -0.15) is 8.42 Å². The van der Waals surface area contributed by atoms with Crippen LogP contribution < -0.4 is 5.56 Å². The van der Waals surface area contributed by atoms with Gasteiger partial charge < -0.3 is 4.98 Å². The highest BCUT2D eigenvalue weighted by atomic mass is 32.3. The molecule has 2 aromatic rings. The molecule has 0 aliphatic heterocycles. The minimum absolute atomic E-state index is 0.0591. The Balaban J connectivity index is 2.67. The SMILES string of the molecule is CCc1cc(-c2cc(C)c(S(=O)(=O)O)s2)c(C)[nH]c1=O. The zero-order valence-corrected chi connectivity index (χ0v) is 13.0. The van der Waals surface area contributed by atoms with Crippen LogP contribution in [0.3, 0.4) is 0 Å². The fraction of sp³-hybridized carbons (Fsp3) is 0.308. The molecule has 7 heteroatoms. The fourth-order valence-electron chi connectivity index (χ4n) is 2.04. The topological polar surface area (TPSA) is 87.2 Å². The van der Waals surface area contributed by atoms with E-state index in [1.165, 1.54) is 0 Å². The molecule has 0 amide bonds. The van der Waals surface area contributed by atoms with Gasteiger partial charge in [-0.05, 0) is 38.0 Å². The van der Waals surface area contributed by atoms with Gasteiger partial charge >= 0.3 is 10.1 Å². The van der Waals surface area contributed by atoms with Crippen molar-refractivity contribution in [3.05, 3.63) is 39.3 Å². The minimum atomic E-state index is -4.21. The zero-order chi connectivity index (χ0) is 15.1. The first-order valence-corrected chi connectivity index (χ1v) is 8.30. The van der Waals surface area contributed by atoms with E-state index in [1.807, 2.05) is 6.92 Å². The first-order chi connectivity index (χ1) is 9.24. The summed E-state index contributed by atoms with van der Waals surface area (Å²) < 4.78 is 31.6. The van der Waals surface area contributed by atoms with Crippen LogP contribution in [-0.2, 0) is 16.5 Å². The van der Waals surface area contributed by atoms with Crippen molar-refractivity contribution in [3.63, 3.8) is 0 Å². The summed E-state index contributed by atoms with van der Waals surface area (Å²) in [6.07, 6.45) is 0.595. The molecule has 2 rings (SSSR count). The van der Waals surface area contributed by atoms with Crippen LogP contribution in [0.1, 0.15) is 23.7 Å². The Labute approximate surface area is 121 Å². The summed E-state index contributed by atoms with van der Waals surface area (Å²) in [6.45, 7) is 5.27. The number of thiophene rings is 1. The third kappa shape index (κ3) is 2.70. The van der Waals surface area contributed by atoms with Gasteiger partial charge in [0, 0.05) is 21.7 Å². The first-order valence-electron chi connectivity index (χ1n) is 6.05. The maximum Gasteiger partial charge on any atom is 0.304 e. The molecule has 0 saturated carbocycles. The molecule has 0 atom stereocenters. The maximum atomic E-state index is 11.7. The second kappa shape index (κ2) is 5.16. The fourth-order valence-corrected chi connectivity index (χ4v) is 4.17. The Bertz CT molecular complexity index is 815. The summed E-state index contributed by atoms with van der Waals surface area (Å²) in [4.78, 5) is 15.2. The van der Waals surface area contributed by atoms with Gasteiger partial charge in [-0.25, -0.2) is 0 Å². The van der Waals surface area contributed by atoms with Crippen LogP contribution >= 0.6 is 11.3 Å². The molecule has 0 aromatic carbocycles. The molecule has 0 fully saturated rings. The van der Waals surface area contributed by atoms with Gasteiger partial charge in [-0.3, -0.25) is 9.35 Å². The molecular weight excluding hydrogens is 298 g/mol. The van der Waals surface area contributed by atoms with Crippen molar-refractivity contribution < 1.29 is 13.0 Å². The van der Waals surface area contributed by atoms with Gasteiger partial charge in [0.1, 0.15) is 4.21 Å². The first kappa shape index (κ1) is 15.0. The van der Waals surface area contributed by atoms with Gasteiger partial charge in [-0.15, -0.1) is 11.3 Å². The number of aromatic amines is 1. The average Bonchev–Trinajstić information content (AvgIpc) is 2.71. The molecule has 0 spiro atoms. The van der Waals surface area contributed by atoms with Crippen molar-refractivity contribution in [2.75, 3.05) is 0 Å². The number of nitrogens with one attached hydrogen (secondary N) is 1. The summed E-state index contributed by atoms with van der Waals surface area (Å²) in [6, 6.07) is 3.47. The summed E-state index contributed by atoms with van der Waals surface area (Å²) in [5.41, 5.74) is 2.47. The molecule has 5 nitrogen and oxygen atoms in total. The van der Waals surface area contributed by atoms with E-state index in [9.17, 15) is 13.2 Å². The molecule has 2 aromatic heterocycles. The van der Waals surface area contributed by atoms with Crippen molar-refractivity contribution in [1.82, 2.24) is 4.98 Å². The predicted molar refractivity (Wildman–Crippen MR) is 79.0 cm³/mol. The summed E-state index contributed by atoms with van der Waals surface area (Å²) in [5.74, 6) is 0. The Morgan fingerprint density at radius 2 is 1.95 bits per heavy atom. The van der Waals surface area contributed by atoms with Gasteiger partial charge in [0.15, 0.2) is 0 Å². The lowest BCUT2D eigenvalue weighted by atomic mass is 10.1. The Kier molecular flexibility index (Phi) is 3.86. The second-order valence-electron chi connectivity index (χ2n) is 4.57. The third-order valence-electron chi connectivity index (χ3n) is 3.07. The summed E-state index contributed by atoms with van der Waals surface area (Å²) in [5, 5.41) is 0. The smallest absolute Gasteiger partial charge is 0.304 e. The molecule has 0 unspecified atom stereocenters. The van der Waals surface area contributed by atoms with Crippen LogP contribution in [-0.4, -0.2) is 18.0 Å². The van der Waals surface area contributed by atoms with E-state index in [0.717, 1.165) is 16.9 Å². The van der Waals surface area contributed by atoms with Gasteiger partial charge in [0.05, 0.1) is 0 Å². The molecule has 0 aliphatic carbocycles. The maximum absolute atomic E-state index is 11.7. The van der Waals surface area contributed by atoms with E-state index in [1.54, 1.807) is 26.0 Å². The van der Waals surface area contributed by atoms with E-state index in [4.69, 9.17) is 4.55 Å². The number of hydrogen-bond donors (Lipinski definition) is 2. The Morgan fingerprint density at radius 1 is 1.30 bits per heavy atom. The van der Waals surface area contributed by atoms with E-state index < -0.39 is 10.1 Å². The van der Waals surface area contributed by atoms with Crippen LogP contribution in [0.15, 0.2) is 21.1 Å². The van der Waals surface area contributed by atoms with E-state index in [2.05, 4.69) is 4.98 Å². The van der Waals surface area contributed by atoms with Crippen molar-refractivity contribution in [2.24, 2.45) is 0 Å². The largest absolute Gasteiger partial charge is 0.326 e. The van der Waals surface area contributed by atoms with Crippen LogP contribution in [0, 0.1) is 13.8 Å². The number of aryl methyl sites for hydroxylation is 3. The van der Waals surface area contributed by atoms with Crippen molar-refractivity contribution >= 4 is 21.5 Å². The third-order valence-corrected chi connectivity index (χ3v) is 5.81. The average molecular weight is 313 g/mol. The minimum Gasteiger partial charge on any atom is -0.326 e. The van der Waals surface area contributed by atoms with Crippen LogP contribution in [0.5, 0.6) is 0 Å². The highest BCUT2D eigenvalue weighted by Crippen LogP contribution is 2.35. The highest BCUT2D eigenvalue weighted by molar-refractivity contribution is 7.88. The lowest BCUT2D eigenvalue weighted by Gasteiger charge is -2.05. The number of H-pyrrole nitrogens is 1. The lowest BCUT2D eigenvalue weighted by Crippen LogP contribution is -2.13. The lowest BCUT2D eigenvalue weighted by molar-refractivity contribution is 0.485. The van der Waals surface area contributed by atoms with Crippen LogP contribution in [0.2, 0.25) is 0 Å². The van der Waals surface area contributed by atoms with Gasteiger partial charge in [-0.1, -0.05) is 6.92 Å². The number of pyridine rings is 1. The molecule has 2 N–H and O–H groups in total. The second-order valence-corrected chi connectivity index (χ2v) is 7.24. The summed E-state index contributed by atoms with van der Waals surface area (Å²) in [7, 11) is -4.21. The van der Waals surface area contributed by atoms with Gasteiger partial charge in [0.25, 0.3) is 5.56 Å². The van der Waals surface area contributed by atoms with Crippen molar-refractivity contribution in [3.8, 4) is 10.4 Å². The number of rotatable bonds is 3. The molecule has 108 valence electrons. The van der Waals surface area contributed by atoms with E-state index in [0.29, 0.717) is 28.1 Å². The highest BCUT2D eigenvalue weighted by Gasteiger charge is 2.19. The monoisotopic (exact) mass is 313 g/mol. The van der Waals surface area contributed by atoms with E-state index in [-0.39, 0.29) is 9.77 Å². The molecule has 0 aliphatic rings. The number of aromatic nitrogens is 1. The molecule has 0 saturated heterocycles. The number of hydrogen-bond acceptors (Lipinski definition) is 4. The Morgan fingerprint density at radius 3 is 2.45 bits per heavy atom. The molecule has 0 bridgehead atoms. The summed E-state index contributed by atoms with van der Waals surface area (Å²) >= 11 is 0.999. The van der Waals surface area contributed by atoms with Crippen LogP contribution in [0.25, 0.3) is 10.4 Å². The van der Waals surface area contributed by atoms with Gasteiger partial charge in [0.2, 0.25) is 0 Å². The van der Waals surface area contributed by atoms with E-state index >= 15 is 0 Å². The molecule has 0 radical (unpaired) electrons. The standard InChI is InChI=1S/C13H15NO4S2/c1-4-9-6-10(8(3)14-12(9)15)11-5-7(2)13(19-11)20(16,17)18/h5-6H,4H2,1-3H3,(H,14,15)(H,16,17,18). The predicted octanol–water partition coefficient (Wildman–Crippen LogP) is 2.53.